The summed E-state index contributed by atoms with van der Waals surface area (Å²) in [6, 6.07) is 0. The van der Waals surface area contributed by atoms with Crippen molar-refractivity contribution in [1.82, 2.24) is 0 Å². The number of carbonyl (C=O) groups is 6. The summed E-state index contributed by atoms with van der Waals surface area (Å²) in [6.07, 6.45) is 2.74. The van der Waals surface area contributed by atoms with Crippen LogP contribution in [0.3, 0.4) is 0 Å². The molecule has 148 valence electrons. The molecule has 4 aliphatic rings. The summed E-state index contributed by atoms with van der Waals surface area (Å²) in [4.78, 5) is 71.2. The van der Waals surface area contributed by atoms with E-state index >= 15 is 0 Å². The number of hydrogen-bond donors (Lipinski definition) is 0. The third-order valence-electron chi connectivity index (χ3n) is 6.33. The predicted octanol–water partition coefficient (Wildman–Crippen LogP) is 0.791. The second kappa shape index (κ2) is 6.46. The first-order valence-electron chi connectivity index (χ1n) is 9.40. The van der Waals surface area contributed by atoms with Gasteiger partial charge in [0.15, 0.2) is 0 Å². The van der Waals surface area contributed by atoms with Crippen molar-refractivity contribution in [2.45, 2.75) is 62.6 Å². The van der Waals surface area contributed by atoms with Crippen molar-refractivity contribution in [3.63, 3.8) is 0 Å². The standard InChI is InChI=1S/C20H20O8/c21-13-3-11-4-14(22)8-19(11,7-13)27-17(25)1-2-18(26)28-20-9-15(23)5-12(20)6-16(24)10-20/h1-2,11-12H,3-10H2/b2-1-. The minimum Gasteiger partial charge on any atom is -0.455 e. The first-order chi connectivity index (χ1) is 13.2. The predicted molar refractivity (Wildman–Crippen MR) is 90.7 cm³/mol. The summed E-state index contributed by atoms with van der Waals surface area (Å²) in [6.45, 7) is 0. The van der Waals surface area contributed by atoms with E-state index < -0.39 is 23.1 Å². The highest BCUT2D eigenvalue weighted by Crippen LogP contribution is 2.48. The van der Waals surface area contributed by atoms with Crippen molar-refractivity contribution in [1.29, 1.82) is 0 Å². The van der Waals surface area contributed by atoms with Crippen molar-refractivity contribution in [3.8, 4) is 0 Å². The Morgan fingerprint density at radius 2 is 0.929 bits per heavy atom. The zero-order valence-corrected chi connectivity index (χ0v) is 15.2. The molecule has 0 bridgehead atoms. The molecule has 0 aromatic carbocycles. The Morgan fingerprint density at radius 1 is 0.643 bits per heavy atom. The number of Topliss-reactive ketones (excluding diaryl/α,β-unsaturated/α-hetero) is 4. The molecule has 0 N–H and O–H groups in total. The van der Waals surface area contributed by atoms with Gasteiger partial charge in [-0.3, -0.25) is 19.2 Å². The summed E-state index contributed by atoms with van der Waals surface area (Å²) in [5.41, 5.74) is -2.20. The van der Waals surface area contributed by atoms with Crippen LogP contribution in [-0.4, -0.2) is 46.3 Å². The smallest absolute Gasteiger partial charge is 0.331 e. The van der Waals surface area contributed by atoms with E-state index in [1.807, 2.05) is 0 Å². The van der Waals surface area contributed by atoms with Gasteiger partial charge in [-0.1, -0.05) is 0 Å². The Morgan fingerprint density at radius 3 is 1.21 bits per heavy atom. The van der Waals surface area contributed by atoms with Crippen molar-refractivity contribution < 1.29 is 38.2 Å². The number of ketones is 4. The van der Waals surface area contributed by atoms with Crippen LogP contribution in [0, 0.1) is 11.8 Å². The van der Waals surface area contributed by atoms with Gasteiger partial charge in [0.25, 0.3) is 0 Å². The molecule has 0 spiro atoms. The summed E-state index contributed by atoms with van der Waals surface area (Å²) >= 11 is 0. The van der Waals surface area contributed by atoms with Gasteiger partial charge in [-0.25, -0.2) is 9.59 Å². The van der Waals surface area contributed by atoms with Gasteiger partial charge < -0.3 is 9.47 Å². The molecular formula is C20H20O8. The normalized spacial score (nSPS) is 36.9. The lowest BCUT2D eigenvalue weighted by molar-refractivity contribution is -0.159. The molecular weight excluding hydrogens is 368 g/mol. The number of esters is 2. The molecule has 0 aromatic heterocycles. The fourth-order valence-corrected chi connectivity index (χ4v) is 5.23. The molecule has 0 amide bonds. The third-order valence-corrected chi connectivity index (χ3v) is 6.33. The minimum absolute atomic E-state index is 0.0163. The fourth-order valence-electron chi connectivity index (χ4n) is 5.23. The third kappa shape index (κ3) is 3.21. The molecule has 0 heterocycles. The Hall–Kier alpha value is -2.64. The van der Waals surface area contributed by atoms with Crippen molar-refractivity contribution in [3.05, 3.63) is 12.2 Å². The van der Waals surface area contributed by atoms with Gasteiger partial charge in [-0.2, -0.15) is 0 Å². The molecule has 0 aromatic rings. The van der Waals surface area contributed by atoms with Gasteiger partial charge in [0.1, 0.15) is 34.3 Å². The van der Waals surface area contributed by atoms with E-state index in [4.69, 9.17) is 9.47 Å². The Balaban J connectivity index is 1.39. The highest BCUT2D eigenvalue weighted by molar-refractivity contribution is 5.96. The Kier molecular flexibility index (Phi) is 4.32. The number of ether oxygens (including phenoxy) is 2. The van der Waals surface area contributed by atoms with E-state index in [1.165, 1.54) is 0 Å². The van der Waals surface area contributed by atoms with Crippen LogP contribution < -0.4 is 0 Å². The van der Waals surface area contributed by atoms with Gasteiger partial charge in [-0.05, 0) is 0 Å². The van der Waals surface area contributed by atoms with E-state index in [0.29, 0.717) is 0 Å². The molecule has 0 unspecified atom stereocenters. The first kappa shape index (κ1) is 18.7. The summed E-state index contributed by atoms with van der Waals surface area (Å²) < 4.78 is 10.8. The van der Waals surface area contributed by atoms with Gasteiger partial charge in [-0.15, -0.1) is 0 Å². The van der Waals surface area contributed by atoms with Crippen molar-refractivity contribution in [2.24, 2.45) is 11.8 Å². The second-order valence-corrected chi connectivity index (χ2v) is 8.38. The van der Waals surface area contributed by atoms with E-state index in [2.05, 4.69) is 0 Å². The molecule has 8 nitrogen and oxygen atoms in total. The summed E-state index contributed by atoms with van der Waals surface area (Å²) in [7, 11) is 0. The maximum absolute atomic E-state index is 12.2. The van der Waals surface area contributed by atoms with E-state index in [1.54, 1.807) is 0 Å². The van der Waals surface area contributed by atoms with E-state index in [-0.39, 0.29) is 86.3 Å². The van der Waals surface area contributed by atoms with Crippen LogP contribution in [-0.2, 0) is 38.2 Å². The average Bonchev–Trinajstić information content (AvgIpc) is 3.19. The van der Waals surface area contributed by atoms with E-state index in [0.717, 1.165) is 12.2 Å². The van der Waals surface area contributed by atoms with Gasteiger partial charge >= 0.3 is 11.9 Å². The molecule has 0 atom stereocenters. The monoisotopic (exact) mass is 388 g/mol. The zero-order valence-electron chi connectivity index (χ0n) is 15.2. The van der Waals surface area contributed by atoms with Gasteiger partial charge in [0.05, 0.1) is 0 Å². The molecule has 4 aliphatic carbocycles. The van der Waals surface area contributed by atoms with E-state index in [9.17, 15) is 28.8 Å². The van der Waals surface area contributed by atoms with Crippen LogP contribution in [0.1, 0.15) is 51.4 Å². The number of carbonyl (C=O) groups excluding carboxylic acids is 6. The molecule has 8 heteroatoms. The molecule has 4 saturated carbocycles. The van der Waals surface area contributed by atoms with Gasteiger partial charge in [0.2, 0.25) is 0 Å². The molecule has 4 fully saturated rings. The molecule has 0 radical (unpaired) electrons. The number of rotatable bonds is 4. The van der Waals surface area contributed by atoms with Crippen LogP contribution in [0.2, 0.25) is 0 Å². The van der Waals surface area contributed by atoms with Crippen LogP contribution in [0.4, 0.5) is 0 Å². The maximum atomic E-state index is 12.2. The fraction of sp³-hybridized carbons (Fsp3) is 0.600. The number of hydrogen-bond acceptors (Lipinski definition) is 8. The largest absolute Gasteiger partial charge is 0.455 e. The lowest BCUT2D eigenvalue weighted by Gasteiger charge is -2.27. The van der Waals surface area contributed by atoms with Crippen LogP contribution in [0.25, 0.3) is 0 Å². The van der Waals surface area contributed by atoms with Gasteiger partial charge in [0, 0.05) is 75.4 Å². The van der Waals surface area contributed by atoms with Crippen LogP contribution >= 0.6 is 0 Å². The zero-order chi connectivity index (χ0) is 20.1. The molecule has 0 aliphatic heterocycles. The molecule has 28 heavy (non-hydrogen) atoms. The lowest BCUT2D eigenvalue weighted by atomic mass is 9.94. The molecule has 4 rings (SSSR count). The average molecular weight is 388 g/mol. The second-order valence-electron chi connectivity index (χ2n) is 8.38. The minimum atomic E-state index is -1.10. The topological polar surface area (TPSA) is 121 Å². The van der Waals surface area contributed by atoms with Crippen LogP contribution in [0.15, 0.2) is 12.2 Å². The molecule has 0 saturated heterocycles. The highest BCUT2D eigenvalue weighted by Gasteiger charge is 2.57. The highest BCUT2D eigenvalue weighted by atomic mass is 16.6. The summed E-state index contributed by atoms with van der Waals surface area (Å²) in [5, 5.41) is 0. The lowest BCUT2D eigenvalue weighted by Crippen LogP contribution is -2.35. The Bertz CT molecular complexity index is 727. The number of fused-ring (bicyclic) bond motifs is 2. The van der Waals surface area contributed by atoms with Crippen molar-refractivity contribution >= 4 is 35.1 Å². The van der Waals surface area contributed by atoms with Crippen LogP contribution in [0.5, 0.6) is 0 Å². The van der Waals surface area contributed by atoms with Crippen molar-refractivity contribution in [2.75, 3.05) is 0 Å². The Labute approximate surface area is 160 Å². The SMILES string of the molecule is O=C1CC2CC(=O)CC2(OC(=O)/C=C\C(=O)OC23CC(=O)CC2CC(=O)C3)C1. The quantitative estimate of drug-likeness (QED) is 0.512. The first-order valence-corrected chi connectivity index (χ1v) is 9.40. The maximum Gasteiger partial charge on any atom is 0.331 e. The summed E-state index contributed by atoms with van der Waals surface area (Å²) in [5.74, 6) is -2.44.